The van der Waals surface area contributed by atoms with E-state index in [1.54, 1.807) is 30.3 Å². The third-order valence-corrected chi connectivity index (χ3v) is 4.19. The molecule has 2 aromatic heterocycles. The van der Waals surface area contributed by atoms with Crippen LogP contribution in [-0.2, 0) is 6.42 Å². The van der Waals surface area contributed by atoms with Gasteiger partial charge in [0.25, 0.3) is 5.89 Å². The van der Waals surface area contributed by atoms with E-state index in [2.05, 4.69) is 10.2 Å². The van der Waals surface area contributed by atoms with Crippen molar-refractivity contribution in [3.8, 4) is 28.9 Å². The average molecular weight is 376 g/mol. The summed E-state index contributed by atoms with van der Waals surface area (Å²) in [7, 11) is -1.69. The molecule has 4 aromatic rings. The molecule has 7 nitrogen and oxygen atoms in total. The summed E-state index contributed by atoms with van der Waals surface area (Å²) < 4.78 is 16.7. The third-order valence-electron chi connectivity index (χ3n) is 4.19. The molecule has 2 heterocycles. The van der Waals surface area contributed by atoms with Crippen LogP contribution in [0.1, 0.15) is 5.56 Å². The third kappa shape index (κ3) is 3.98. The zero-order chi connectivity index (χ0) is 19.3. The van der Waals surface area contributed by atoms with Crippen molar-refractivity contribution in [2.75, 3.05) is 6.61 Å². The zero-order valence-corrected chi connectivity index (χ0v) is 14.9. The van der Waals surface area contributed by atoms with Gasteiger partial charge in [0.1, 0.15) is 5.75 Å². The van der Waals surface area contributed by atoms with E-state index < -0.39 is 7.12 Å². The highest BCUT2D eigenvalue weighted by atomic mass is 16.5. The molecule has 0 atom stereocenters. The standard InChI is InChI=1S/C20H17BN2O5/c24-21(25)17-9-8-15(26-12-10-14-5-2-1-3-6-14)13-16(17)19-22-23-20(28-19)18-7-4-11-27-18/h1-9,11,13,24-25H,10,12H2. The molecule has 28 heavy (non-hydrogen) atoms. The summed E-state index contributed by atoms with van der Waals surface area (Å²) in [6.07, 6.45) is 2.26. The summed E-state index contributed by atoms with van der Waals surface area (Å²) in [6, 6.07) is 18.3. The average Bonchev–Trinajstić information content (AvgIpc) is 3.40. The van der Waals surface area contributed by atoms with Crippen LogP contribution in [0.3, 0.4) is 0 Å². The van der Waals surface area contributed by atoms with Crippen LogP contribution in [0.4, 0.5) is 0 Å². The maximum Gasteiger partial charge on any atom is 0.489 e. The van der Waals surface area contributed by atoms with Gasteiger partial charge in [0.05, 0.1) is 12.9 Å². The van der Waals surface area contributed by atoms with Crippen molar-refractivity contribution in [1.29, 1.82) is 0 Å². The molecule has 0 saturated heterocycles. The van der Waals surface area contributed by atoms with E-state index in [4.69, 9.17) is 13.6 Å². The van der Waals surface area contributed by atoms with Gasteiger partial charge in [-0.3, -0.25) is 0 Å². The Balaban J connectivity index is 1.56. The van der Waals surface area contributed by atoms with Crippen molar-refractivity contribution in [3.05, 3.63) is 72.5 Å². The number of ether oxygens (including phenoxy) is 1. The Labute approximate surface area is 161 Å². The summed E-state index contributed by atoms with van der Waals surface area (Å²) >= 11 is 0. The van der Waals surface area contributed by atoms with E-state index in [0.717, 1.165) is 6.42 Å². The van der Waals surface area contributed by atoms with E-state index >= 15 is 0 Å². The second kappa shape index (κ2) is 8.12. The van der Waals surface area contributed by atoms with Gasteiger partial charge in [-0.2, -0.15) is 0 Å². The molecule has 0 aliphatic carbocycles. The highest BCUT2D eigenvalue weighted by Crippen LogP contribution is 2.26. The first-order valence-corrected chi connectivity index (χ1v) is 8.75. The smallest absolute Gasteiger partial charge is 0.489 e. The van der Waals surface area contributed by atoms with Gasteiger partial charge in [0.15, 0.2) is 5.76 Å². The van der Waals surface area contributed by atoms with Crippen LogP contribution in [0.2, 0.25) is 0 Å². The Morgan fingerprint density at radius 2 is 1.75 bits per heavy atom. The molecule has 0 amide bonds. The molecule has 0 radical (unpaired) electrons. The quantitative estimate of drug-likeness (QED) is 0.477. The Morgan fingerprint density at radius 3 is 2.50 bits per heavy atom. The van der Waals surface area contributed by atoms with E-state index in [0.29, 0.717) is 23.7 Å². The fraction of sp³-hybridized carbons (Fsp3) is 0.100. The van der Waals surface area contributed by atoms with Gasteiger partial charge in [-0.05, 0) is 35.3 Å². The molecule has 8 heteroatoms. The minimum atomic E-state index is -1.69. The highest BCUT2D eigenvalue weighted by molar-refractivity contribution is 6.60. The number of benzene rings is 2. The molecule has 0 saturated carbocycles. The van der Waals surface area contributed by atoms with E-state index in [1.165, 1.54) is 11.8 Å². The maximum atomic E-state index is 9.68. The molecule has 0 aliphatic heterocycles. The van der Waals surface area contributed by atoms with E-state index in [9.17, 15) is 10.0 Å². The van der Waals surface area contributed by atoms with Gasteiger partial charge >= 0.3 is 7.12 Å². The van der Waals surface area contributed by atoms with Crippen LogP contribution >= 0.6 is 0 Å². The summed E-state index contributed by atoms with van der Waals surface area (Å²) in [5.74, 6) is 1.34. The van der Waals surface area contributed by atoms with Crippen molar-refractivity contribution in [2.45, 2.75) is 6.42 Å². The van der Waals surface area contributed by atoms with Crippen molar-refractivity contribution in [1.82, 2.24) is 10.2 Å². The largest absolute Gasteiger partial charge is 0.493 e. The Kier molecular flexibility index (Phi) is 5.23. The number of aromatic nitrogens is 2. The summed E-state index contributed by atoms with van der Waals surface area (Å²) in [6.45, 7) is 0.478. The molecule has 0 fully saturated rings. The molecule has 2 aromatic carbocycles. The van der Waals surface area contributed by atoms with Crippen molar-refractivity contribution >= 4 is 12.6 Å². The number of nitrogens with zero attached hydrogens (tertiary/aromatic N) is 2. The van der Waals surface area contributed by atoms with Crippen molar-refractivity contribution in [2.24, 2.45) is 0 Å². The first-order chi connectivity index (χ1) is 13.7. The van der Waals surface area contributed by atoms with Crippen LogP contribution in [-0.4, -0.2) is 34.0 Å². The molecule has 0 bridgehead atoms. The molecular formula is C20H17BN2O5. The van der Waals surface area contributed by atoms with Gasteiger partial charge in [0.2, 0.25) is 5.89 Å². The first kappa shape index (κ1) is 18.0. The Morgan fingerprint density at radius 1 is 0.929 bits per heavy atom. The highest BCUT2D eigenvalue weighted by Gasteiger charge is 2.22. The van der Waals surface area contributed by atoms with Gasteiger partial charge in [-0.15, -0.1) is 10.2 Å². The second-order valence-electron chi connectivity index (χ2n) is 6.10. The summed E-state index contributed by atoms with van der Waals surface area (Å²) in [4.78, 5) is 0. The number of furan rings is 1. The van der Waals surface area contributed by atoms with Crippen LogP contribution in [0.15, 0.2) is 75.8 Å². The Hall–Kier alpha value is -3.36. The maximum absolute atomic E-state index is 9.68. The molecular weight excluding hydrogens is 359 g/mol. The monoisotopic (exact) mass is 376 g/mol. The predicted octanol–water partition coefficient (Wildman–Crippen LogP) is 2.30. The molecule has 2 N–H and O–H groups in total. The van der Waals surface area contributed by atoms with Crippen LogP contribution in [0.5, 0.6) is 5.75 Å². The summed E-state index contributed by atoms with van der Waals surface area (Å²) in [5, 5.41) is 27.3. The van der Waals surface area contributed by atoms with Crippen LogP contribution in [0.25, 0.3) is 23.1 Å². The van der Waals surface area contributed by atoms with Crippen molar-refractivity contribution < 1.29 is 23.6 Å². The topological polar surface area (TPSA) is 102 Å². The molecule has 0 aliphatic rings. The molecule has 4 rings (SSSR count). The van der Waals surface area contributed by atoms with Crippen LogP contribution < -0.4 is 10.2 Å². The predicted molar refractivity (Wildman–Crippen MR) is 103 cm³/mol. The fourth-order valence-corrected chi connectivity index (χ4v) is 2.80. The minimum Gasteiger partial charge on any atom is -0.493 e. The lowest BCUT2D eigenvalue weighted by Crippen LogP contribution is -2.31. The molecule has 0 spiro atoms. The van der Waals surface area contributed by atoms with Crippen molar-refractivity contribution in [3.63, 3.8) is 0 Å². The lowest BCUT2D eigenvalue weighted by molar-refractivity contribution is 0.322. The Bertz CT molecular complexity index is 1030. The first-order valence-electron chi connectivity index (χ1n) is 8.75. The summed E-state index contributed by atoms with van der Waals surface area (Å²) in [5.41, 5.74) is 1.80. The van der Waals surface area contributed by atoms with E-state index in [1.807, 2.05) is 30.3 Å². The fourth-order valence-electron chi connectivity index (χ4n) is 2.80. The lowest BCUT2D eigenvalue weighted by atomic mass is 9.77. The van der Waals surface area contributed by atoms with Gasteiger partial charge in [-0.1, -0.05) is 36.4 Å². The van der Waals surface area contributed by atoms with Crippen LogP contribution in [0, 0.1) is 0 Å². The van der Waals surface area contributed by atoms with Gasteiger partial charge in [0, 0.05) is 12.0 Å². The van der Waals surface area contributed by atoms with Gasteiger partial charge in [-0.25, -0.2) is 0 Å². The number of hydrogen-bond donors (Lipinski definition) is 2. The zero-order valence-electron chi connectivity index (χ0n) is 14.9. The van der Waals surface area contributed by atoms with E-state index in [-0.39, 0.29) is 17.2 Å². The van der Waals surface area contributed by atoms with Gasteiger partial charge < -0.3 is 23.6 Å². The second-order valence-corrected chi connectivity index (χ2v) is 6.10. The number of rotatable bonds is 7. The normalized spacial score (nSPS) is 10.8. The molecule has 140 valence electrons. The molecule has 0 unspecified atom stereocenters. The number of hydrogen-bond acceptors (Lipinski definition) is 7. The SMILES string of the molecule is OB(O)c1ccc(OCCc2ccccc2)cc1-c1nnc(-c2ccco2)o1. The minimum absolute atomic E-state index is 0.142. The lowest BCUT2D eigenvalue weighted by Gasteiger charge is -2.10.